The normalized spacial score (nSPS) is 8.22. The second kappa shape index (κ2) is 4.19. The van der Waals surface area contributed by atoms with E-state index >= 15 is 0 Å². The molecule has 1 aromatic rings. The first-order valence-corrected chi connectivity index (χ1v) is 3.55. The summed E-state index contributed by atoms with van der Waals surface area (Å²) in [6.45, 7) is 0. The molecule has 1 aromatic carbocycles. The van der Waals surface area contributed by atoms with Gasteiger partial charge in [0.15, 0.2) is 0 Å². The summed E-state index contributed by atoms with van der Waals surface area (Å²) in [6, 6.07) is 7.66. The summed E-state index contributed by atoms with van der Waals surface area (Å²) in [7, 11) is 0. The summed E-state index contributed by atoms with van der Waals surface area (Å²) < 4.78 is 1.18. The Morgan fingerprint density at radius 2 is 1.56 bits per heavy atom. The molecule has 0 amide bonds. The Kier molecular flexibility index (Phi) is 4.33. The molecule has 9 heavy (non-hydrogen) atoms. The van der Waals surface area contributed by atoms with Crippen molar-refractivity contribution in [3.63, 3.8) is 0 Å². The van der Waals surface area contributed by atoms with E-state index in [0.717, 1.165) is 5.02 Å². The summed E-state index contributed by atoms with van der Waals surface area (Å²) >= 11 is 8.06. The van der Waals surface area contributed by atoms with Crippen LogP contribution in [0.3, 0.4) is 0 Å². The summed E-state index contributed by atoms with van der Waals surface area (Å²) in [5.74, 6) is 0. The summed E-state index contributed by atoms with van der Waals surface area (Å²) in [5, 5.41) is 0.791. The van der Waals surface area contributed by atoms with Gasteiger partial charge in [0.25, 0.3) is 0 Å². The Labute approximate surface area is 73.8 Å². The SMILES string of the molecule is Cl.Clc1ccc([SeH])cc1. The third-order valence-corrected chi connectivity index (χ3v) is 1.70. The van der Waals surface area contributed by atoms with Crippen LogP contribution in [0.5, 0.6) is 0 Å². The van der Waals surface area contributed by atoms with Crippen LogP contribution in [0.4, 0.5) is 0 Å². The van der Waals surface area contributed by atoms with Crippen molar-refractivity contribution in [2.75, 3.05) is 0 Å². The van der Waals surface area contributed by atoms with Crippen molar-refractivity contribution in [3.8, 4) is 0 Å². The van der Waals surface area contributed by atoms with E-state index in [1.54, 1.807) is 0 Å². The Hall–Kier alpha value is 0.319. The van der Waals surface area contributed by atoms with Gasteiger partial charge >= 0.3 is 61.4 Å². The zero-order chi connectivity index (χ0) is 5.98. The Balaban J connectivity index is 0.000000640. The zero-order valence-corrected chi connectivity index (χ0v) is 7.99. The molecule has 0 aliphatic heterocycles. The number of benzene rings is 1. The van der Waals surface area contributed by atoms with Gasteiger partial charge in [-0.05, 0) is 0 Å². The maximum atomic E-state index is 5.60. The molecule has 3 heteroatoms. The third-order valence-electron chi connectivity index (χ3n) is 0.827. The topological polar surface area (TPSA) is 0 Å². The van der Waals surface area contributed by atoms with E-state index in [0.29, 0.717) is 0 Å². The number of halogens is 2. The molecule has 0 unspecified atom stereocenters. The predicted octanol–water partition coefficient (Wildman–Crippen LogP) is 1.29. The van der Waals surface area contributed by atoms with E-state index in [4.69, 9.17) is 11.6 Å². The quantitative estimate of drug-likeness (QED) is 0.587. The van der Waals surface area contributed by atoms with Crippen LogP contribution in [-0.4, -0.2) is 16.0 Å². The van der Waals surface area contributed by atoms with E-state index < -0.39 is 0 Å². The van der Waals surface area contributed by atoms with Gasteiger partial charge in [0.05, 0.1) is 0 Å². The molecule has 0 bridgehead atoms. The van der Waals surface area contributed by atoms with Crippen molar-refractivity contribution >= 4 is 44.5 Å². The molecule has 0 heterocycles. The van der Waals surface area contributed by atoms with Gasteiger partial charge in [0.2, 0.25) is 0 Å². The van der Waals surface area contributed by atoms with E-state index in [1.807, 2.05) is 24.3 Å². The standard InChI is InChI=1S/C6H5ClSe.ClH/c7-5-1-3-6(8)4-2-5;/h1-4,8H;1H. The predicted molar refractivity (Wildman–Crippen MR) is 45.5 cm³/mol. The number of hydrogen-bond donors (Lipinski definition) is 0. The van der Waals surface area contributed by atoms with Gasteiger partial charge in [-0.25, -0.2) is 0 Å². The van der Waals surface area contributed by atoms with Crippen LogP contribution in [0.25, 0.3) is 0 Å². The van der Waals surface area contributed by atoms with Crippen molar-refractivity contribution < 1.29 is 0 Å². The molecule has 50 valence electrons. The second-order valence-corrected chi connectivity index (χ2v) is 3.00. The minimum absolute atomic E-state index is 0. The first-order chi connectivity index (χ1) is 3.79. The Morgan fingerprint density at radius 3 is 1.89 bits per heavy atom. The van der Waals surface area contributed by atoms with Crippen LogP contribution < -0.4 is 4.46 Å². The fourth-order valence-corrected chi connectivity index (χ4v) is 0.880. The van der Waals surface area contributed by atoms with Crippen molar-refractivity contribution in [2.24, 2.45) is 0 Å². The minimum atomic E-state index is 0. The molecular formula is C6H6Cl2Se. The number of rotatable bonds is 0. The molecule has 0 aliphatic carbocycles. The van der Waals surface area contributed by atoms with Crippen LogP contribution in [0.15, 0.2) is 24.3 Å². The molecule has 0 saturated carbocycles. The zero-order valence-electron chi connectivity index (χ0n) is 4.54. The first kappa shape index (κ1) is 9.32. The molecule has 0 radical (unpaired) electrons. The van der Waals surface area contributed by atoms with Crippen molar-refractivity contribution in [1.29, 1.82) is 0 Å². The van der Waals surface area contributed by atoms with Gasteiger partial charge in [-0.15, -0.1) is 12.4 Å². The van der Waals surface area contributed by atoms with E-state index in [9.17, 15) is 0 Å². The van der Waals surface area contributed by atoms with Crippen LogP contribution in [-0.2, 0) is 0 Å². The van der Waals surface area contributed by atoms with Gasteiger partial charge in [-0.3, -0.25) is 0 Å². The molecule has 0 fully saturated rings. The monoisotopic (exact) mass is 228 g/mol. The Morgan fingerprint density at radius 1 is 1.11 bits per heavy atom. The fourth-order valence-electron chi connectivity index (χ4n) is 0.441. The van der Waals surface area contributed by atoms with Crippen molar-refractivity contribution in [3.05, 3.63) is 29.3 Å². The van der Waals surface area contributed by atoms with E-state index in [-0.39, 0.29) is 12.4 Å². The molecule has 1 rings (SSSR count). The van der Waals surface area contributed by atoms with Gasteiger partial charge in [-0.1, -0.05) is 0 Å². The molecular weight excluding hydrogens is 222 g/mol. The molecule has 0 N–H and O–H groups in total. The van der Waals surface area contributed by atoms with Crippen LogP contribution in [0.2, 0.25) is 5.02 Å². The van der Waals surface area contributed by atoms with Crippen molar-refractivity contribution in [1.82, 2.24) is 0 Å². The first-order valence-electron chi connectivity index (χ1n) is 2.23. The molecule has 0 aromatic heterocycles. The third kappa shape index (κ3) is 3.12. The summed E-state index contributed by atoms with van der Waals surface area (Å²) in [4.78, 5) is 0. The molecule has 0 nitrogen and oxygen atoms in total. The van der Waals surface area contributed by atoms with Crippen molar-refractivity contribution in [2.45, 2.75) is 0 Å². The van der Waals surface area contributed by atoms with Crippen LogP contribution in [0.1, 0.15) is 0 Å². The average Bonchev–Trinajstić information content (AvgIpc) is 1.77. The van der Waals surface area contributed by atoms with Gasteiger partial charge in [-0.2, -0.15) is 0 Å². The molecule has 0 saturated heterocycles. The summed E-state index contributed by atoms with van der Waals surface area (Å²) in [6.07, 6.45) is 0. The van der Waals surface area contributed by atoms with E-state index in [1.165, 1.54) is 4.46 Å². The number of hydrogen-bond acceptors (Lipinski definition) is 0. The molecule has 0 aliphatic rings. The van der Waals surface area contributed by atoms with Gasteiger partial charge < -0.3 is 0 Å². The Bertz CT molecular complexity index is 150. The summed E-state index contributed by atoms with van der Waals surface area (Å²) in [5.41, 5.74) is 0. The van der Waals surface area contributed by atoms with Gasteiger partial charge in [0.1, 0.15) is 0 Å². The van der Waals surface area contributed by atoms with Crippen LogP contribution in [0, 0.1) is 0 Å². The average molecular weight is 228 g/mol. The second-order valence-electron chi connectivity index (χ2n) is 1.48. The molecule has 0 atom stereocenters. The molecule has 0 spiro atoms. The van der Waals surface area contributed by atoms with Crippen LogP contribution >= 0.6 is 24.0 Å². The maximum absolute atomic E-state index is 5.60. The van der Waals surface area contributed by atoms with E-state index in [2.05, 4.69) is 16.0 Å². The fraction of sp³-hybridized carbons (Fsp3) is 0. The van der Waals surface area contributed by atoms with Gasteiger partial charge in [0, 0.05) is 0 Å².